The number of benzene rings is 1. The first kappa shape index (κ1) is 14.5. The summed E-state index contributed by atoms with van der Waals surface area (Å²) in [6.07, 6.45) is -5.64. The topological polar surface area (TPSA) is 102 Å². The Hall–Kier alpha value is -0.890. The van der Waals surface area contributed by atoms with E-state index in [9.17, 15) is 15.3 Å². The number of anilines is 1. The molecule has 7 heteroatoms. The van der Waals surface area contributed by atoms with Crippen molar-refractivity contribution >= 4 is 17.3 Å². The second kappa shape index (κ2) is 6.04. The van der Waals surface area contributed by atoms with Crippen molar-refractivity contribution in [3.05, 3.63) is 29.3 Å². The Balaban J connectivity index is 2.03. The summed E-state index contributed by atoms with van der Waals surface area (Å²) in [5.41, 5.74) is 0.653. The summed E-state index contributed by atoms with van der Waals surface area (Å²) in [5, 5.41) is 41.3. The fourth-order valence-electron chi connectivity index (χ4n) is 1.96. The molecule has 6 nitrogen and oxygen atoms in total. The van der Waals surface area contributed by atoms with Crippen molar-refractivity contribution in [2.75, 3.05) is 11.9 Å². The Labute approximate surface area is 115 Å². The molecular weight excluding hydrogens is 274 g/mol. The number of aliphatic hydroxyl groups is 4. The molecule has 0 unspecified atom stereocenters. The summed E-state index contributed by atoms with van der Waals surface area (Å²) in [4.78, 5) is 0. The Morgan fingerprint density at radius 3 is 2.42 bits per heavy atom. The van der Waals surface area contributed by atoms with E-state index in [1.54, 1.807) is 24.3 Å². The highest BCUT2D eigenvalue weighted by atomic mass is 35.5. The van der Waals surface area contributed by atoms with Crippen molar-refractivity contribution in [2.45, 2.75) is 30.6 Å². The first-order chi connectivity index (χ1) is 9.02. The van der Waals surface area contributed by atoms with Gasteiger partial charge in [-0.1, -0.05) is 11.6 Å². The lowest BCUT2D eigenvalue weighted by Crippen LogP contribution is -2.40. The molecule has 0 amide bonds. The van der Waals surface area contributed by atoms with Gasteiger partial charge in [0.25, 0.3) is 0 Å². The van der Waals surface area contributed by atoms with E-state index in [-0.39, 0.29) is 0 Å². The van der Waals surface area contributed by atoms with Gasteiger partial charge < -0.3 is 30.5 Å². The molecule has 1 aliphatic heterocycles. The zero-order valence-electron chi connectivity index (χ0n) is 9.98. The number of aliphatic hydroxyl groups excluding tert-OH is 4. The number of rotatable bonds is 4. The smallest absolute Gasteiger partial charge is 0.157 e. The minimum Gasteiger partial charge on any atom is -0.394 e. The van der Waals surface area contributed by atoms with Crippen LogP contribution in [0.1, 0.15) is 0 Å². The zero-order chi connectivity index (χ0) is 14.0. The third kappa shape index (κ3) is 3.17. The van der Waals surface area contributed by atoms with Crippen LogP contribution in [-0.4, -0.2) is 57.7 Å². The summed E-state index contributed by atoms with van der Waals surface area (Å²) >= 11 is 5.75. The molecule has 1 heterocycles. The van der Waals surface area contributed by atoms with Crippen LogP contribution < -0.4 is 5.32 Å². The molecule has 1 aromatic carbocycles. The lowest BCUT2D eigenvalue weighted by molar-refractivity contribution is -0.0774. The van der Waals surface area contributed by atoms with Crippen molar-refractivity contribution in [1.82, 2.24) is 0 Å². The molecule has 0 saturated carbocycles. The lowest BCUT2D eigenvalue weighted by atomic mass is 10.1. The van der Waals surface area contributed by atoms with E-state index >= 15 is 0 Å². The van der Waals surface area contributed by atoms with Crippen molar-refractivity contribution < 1.29 is 25.2 Å². The van der Waals surface area contributed by atoms with Crippen LogP contribution in [0.2, 0.25) is 5.02 Å². The molecule has 19 heavy (non-hydrogen) atoms. The van der Waals surface area contributed by atoms with E-state index in [2.05, 4.69) is 5.32 Å². The molecule has 2 rings (SSSR count). The summed E-state index contributed by atoms with van der Waals surface area (Å²) in [7, 11) is 0. The van der Waals surface area contributed by atoms with E-state index in [1.807, 2.05) is 0 Å². The fraction of sp³-hybridized carbons (Fsp3) is 0.500. The highest BCUT2D eigenvalue weighted by molar-refractivity contribution is 6.30. The number of hydrogen-bond acceptors (Lipinski definition) is 6. The fourth-order valence-corrected chi connectivity index (χ4v) is 2.08. The maximum absolute atomic E-state index is 9.83. The van der Waals surface area contributed by atoms with Gasteiger partial charge in [-0.15, -0.1) is 0 Å². The third-order valence-electron chi connectivity index (χ3n) is 3.02. The molecule has 0 aromatic heterocycles. The first-order valence-corrected chi connectivity index (χ1v) is 6.23. The van der Waals surface area contributed by atoms with Gasteiger partial charge in [0.05, 0.1) is 6.61 Å². The third-order valence-corrected chi connectivity index (χ3v) is 3.27. The molecule has 5 atom stereocenters. The predicted octanol–water partition coefficient (Wildman–Crippen LogP) is -0.448. The molecule has 1 saturated heterocycles. The van der Waals surface area contributed by atoms with Crippen LogP contribution in [0, 0.1) is 0 Å². The standard InChI is InChI=1S/C12H16ClNO5/c13-6-1-3-7(4-2-6)14-12-10(18)9(17)11(19-12)8(16)5-15/h1-4,8-12,14-18H,5H2/t8-,9-,10+,11-,12-/m0/s1. The quantitative estimate of drug-likeness (QED) is 0.515. The van der Waals surface area contributed by atoms with E-state index < -0.39 is 37.3 Å². The number of nitrogens with one attached hydrogen (secondary N) is 1. The van der Waals surface area contributed by atoms with Crippen molar-refractivity contribution in [2.24, 2.45) is 0 Å². The molecule has 0 bridgehead atoms. The summed E-state index contributed by atoms with van der Waals surface area (Å²) in [6.45, 7) is -0.553. The number of halogens is 1. The summed E-state index contributed by atoms with van der Waals surface area (Å²) in [5.74, 6) is 0. The highest BCUT2D eigenvalue weighted by Crippen LogP contribution is 2.25. The first-order valence-electron chi connectivity index (χ1n) is 5.85. The molecule has 1 fully saturated rings. The van der Waals surface area contributed by atoms with Gasteiger partial charge in [-0.3, -0.25) is 0 Å². The van der Waals surface area contributed by atoms with Gasteiger partial charge >= 0.3 is 0 Å². The largest absolute Gasteiger partial charge is 0.394 e. The van der Waals surface area contributed by atoms with E-state index in [4.69, 9.17) is 21.4 Å². The molecular formula is C12H16ClNO5. The molecule has 0 radical (unpaired) electrons. The molecule has 1 aliphatic rings. The van der Waals surface area contributed by atoms with E-state index in [0.717, 1.165) is 0 Å². The van der Waals surface area contributed by atoms with Gasteiger partial charge in [-0.05, 0) is 24.3 Å². The lowest BCUT2D eigenvalue weighted by Gasteiger charge is -2.19. The van der Waals surface area contributed by atoms with Gasteiger partial charge in [0.2, 0.25) is 0 Å². The van der Waals surface area contributed by atoms with Gasteiger partial charge in [0.1, 0.15) is 24.4 Å². The Morgan fingerprint density at radius 1 is 1.21 bits per heavy atom. The Morgan fingerprint density at radius 2 is 1.84 bits per heavy atom. The summed E-state index contributed by atoms with van der Waals surface area (Å²) < 4.78 is 5.32. The van der Waals surface area contributed by atoms with Gasteiger partial charge in [0.15, 0.2) is 6.23 Å². The number of hydrogen-bond donors (Lipinski definition) is 5. The average Bonchev–Trinajstić information content (AvgIpc) is 2.69. The van der Waals surface area contributed by atoms with Crippen LogP contribution in [0.15, 0.2) is 24.3 Å². The van der Waals surface area contributed by atoms with Crippen LogP contribution in [0.25, 0.3) is 0 Å². The maximum atomic E-state index is 9.83. The van der Waals surface area contributed by atoms with E-state index in [1.165, 1.54) is 0 Å². The predicted molar refractivity (Wildman–Crippen MR) is 68.8 cm³/mol. The molecule has 0 spiro atoms. The molecule has 0 aliphatic carbocycles. The van der Waals surface area contributed by atoms with E-state index in [0.29, 0.717) is 10.7 Å². The monoisotopic (exact) mass is 289 g/mol. The van der Waals surface area contributed by atoms with Gasteiger partial charge in [0, 0.05) is 10.7 Å². The maximum Gasteiger partial charge on any atom is 0.157 e. The molecule has 5 N–H and O–H groups in total. The highest BCUT2D eigenvalue weighted by Gasteiger charge is 2.45. The van der Waals surface area contributed by atoms with Crippen molar-refractivity contribution in [3.8, 4) is 0 Å². The van der Waals surface area contributed by atoms with Crippen LogP contribution in [-0.2, 0) is 4.74 Å². The van der Waals surface area contributed by atoms with Crippen LogP contribution in [0.5, 0.6) is 0 Å². The minimum atomic E-state index is -1.27. The summed E-state index contributed by atoms with van der Waals surface area (Å²) in [6, 6.07) is 6.73. The van der Waals surface area contributed by atoms with Gasteiger partial charge in [-0.25, -0.2) is 0 Å². The molecule has 106 valence electrons. The Bertz CT molecular complexity index is 415. The zero-order valence-corrected chi connectivity index (χ0v) is 10.7. The van der Waals surface area contributed by atoms with Crippen molar-refractivity contribution in [1.29, 1.82) is 0 Å². The van der Waals surface area contributed by atoms with Crippen LogP contribution in [0.4, 0.5) is 5.69 Å². The second-order valence-electron chi connectivity index (χ2n) is 4.40. The normalized spacial score (nSPS) is 32.3. The second-order valence-corrected chi connectivity index (χ2v) is 4.84. The number of ether oxygens (including phenoxy) is 1. The SMILES string of the molecule is OC[C@H](O)[C@@H]1O[C@H](Nc2ccc(Cl)cc2)[C@H](O)[C@@H]1O. The van der Waals surface area contributed by atoms with Crippen molar-refractivity contribution in [3.63, 3.8) is 0 Å². The van der Waals surface area contributed by atoms with Crippen LogP contribution in [0.3, 0.4) is 0 Å². The molecule has 1 aromatic rings. The van der Waals surface area contributed by atoms with Crippen LogP contribution >= 0.6 is 11.6 Å². The van der Waals surface area contributed by atoms with Gasteiger partial charge in [-0.2, -0.15) is 0 Å². The minimum absolute atomic E-state index is 0.553. The average molecular weight is 290 g/mol. The Kier molecular flexibility index (Phi) is 4.62.